The molecule has 0 spiro atoms. The summed E-state index contributed by atoms with van der Waals surface area (Å²) in [5, 5.41) is 12.2. The fraction of sp³-hybridized carbons (Fsp3) is 0.286. The zero-order valence-electron chi connectivity index (χ0n) is 11.4. The fourth-order valence-electron chi connectivity index (χ4n) is 1.62. The summed E-state index contributed by atoms with van der Waals surface area (Å²) < 4.78 is 0. The first-order chi connectivity index (χ1) is 9.56. The lowest BCUT2D eigenvalue weighted by Gasteiger charge is -2.10. The van der Waals surface area contributed by atoms with Gasteiger partial charge in [0.25, 0.3) is 0 Å². The van der Waals surface area contributed by atoms with Crippen molar-refractivity contribution >= 4 is 11.8 Å². The predicted octanol–water partition coefficient (Wildman–Crippen LogP) is 2.31. The molecule has 0 saturated heterocycles. The van der Waals surface area contributed by atoms with E-state index in [4.69, 9.17) is 5.11 Å². The van der Waals surface area contributed by atoms with Gasteiger partial charge < -0.3 is 10.4 Å². The largest absolute Gasteiger partial charge is 0.477 e. The summed E-state index contributed by atoms with van der Waals surface area (Å²) in [6.45, 7) is 4.37. The van der Waals surface area contributed by atoms with Crippen LogP contribution in [0.15, 0.2) is 30.6 Å². The first kappa shape index (κ1) is 13.9. The third-order valence-corrected chi connectivity index (χ3v) is 2.68. The van der Waals surface area contributed by atoms with E-state index in [1.165, 1.54) is 6.07 Å². The van der Waals surface area contributed by atoms with E-state index < -0.39 is 5.97 Å². The van der Waals surface area contributed by atoms with Gasteiger partial charge in [0.15, 0.2) is 5.69 Å². The second kappa shape index (κ2) is 6.10. The molecule has 0 aliphatic carbocycles. The van der Waals surface area contributed by atoms with E-state index in [0.29, 0.717) is 18.2 Å². The fourth-order valence-corrected chi connectivity index (χ4v) is 1.62. The van der Waals surface area contributed by atoms with Crippen LogP contribution in [0.2, 0.25) is 0 Å². The van der Waals surface area contributed by atoms with Crippen LogP contribution in [0.5, 0.6) is 0 Å². The molecule has 6 nitrogen and oxygen atoms in total. The van der Waals surface area contributed by atoms with E-state index >= 15 is 0 Å². The summed E-state index contributed by atoms with van der Waals surface area (Å²) in [5.74, 6) is 0.0236. The Morgan fingerprint density at radius 1 is 1.40 bits per heavy atom. The number of nitrogens with one attached hydrogen (secondary N) is 1. The van der Waals surface area contributed by atoms with Crippen LogP contribution in [0.25, 0.3) is 0 Å². The molecule has 0 fully saturated rings. The van der Waals surface area contributed by atoms with Gasteiger partial charge in [-0.25, -0.2) is 14.8 Å². The molecule has 2 aromatic rings. The lowest BCUT2D eigenvalue weighted by atomic mass is 10.2. The summed E-state index contributed by atoms with van der Waals surface area (Å²) in [5.41, 5.74) is 0.992. The van der Waals surface area contributed by atoms with E-state index in [-0.39, 0.29) is 11.6 Å². The van der Waals surface area contributed by atoms with Crippen LogP contribution >= 0.6 is 0 Å². The summed E-state index contributed by atoms with van der Waals surface area (Å²) in [4.78, 5) is 23.4. The van der Waals surface area contributed by atoms with Gasteiger partial charge in [0.2, 0.25) is 0 Å². The number of hydrogen-bond acceptors (Lipinski definition) is 5. The highest BCUT2D eigenvalue weighted by Gasteiger charge is 2.12. The van der Waals surface area contributed by atoms with Crippen molar-refractivity contribution in [3.8, 4) is 0 Å². The Kier molecular flexibility index (Phi) is 4.24. The van der Waals surface area contributed by atoms with Gasteiger partial charge in [-0.05, 0) is 11.6 Å². The predicted molar refractivity (Wildman–Crippen MR) is 74.6 cm³/mol. The standard InChI is InChI=1S/C14H16N4O2/c1-9(2)13-17-11(14(19)20)6-12(18-13)16-8-10-4-3-5-15-7-10/h3-7,9H,8H2,1-2H3,(H,19,20)(H,16,17,18). The maximum absolute atomic E-state index is 11.1. The summed E-state index contributed by atoms with van der Waals surface area (Å²) in [7, 11) is 0. The maximum Gasteiger partial charge on any atom is 0.354 e. The van der Waals surface area contributed by atoms with E-state index in [1.807, 2.05) is 26.0 Å². The van der Waals surface area contributed by atoms with Gasteiger partial charge in [-0.2, -0.15) is 0 Å². The smallest absolute Gasteiger partial charge is 0.354 e. The minimum atomic E-state index is -1.06. The van der Waals surface area contributed by atoms with Crippen molar-refractivity contribution in [2.75, 3.05) is 5.32 Å². The topological polar surface area (TPSA) is 88.0 Å². The number of nitrogens with zero attached hydrogens (tertiary/aromatic N) is 3. The molecule has 0 aliphatic rings. The number of anilines is 1. The highest BCUT2D eigenvalue weighted by Crippen LogP contribution is 2.14. The van der Waals surface area contributed by atoms with Crippen molar-refractivity contribution in [1.82, 2.24) is 15.0 Å². The minimum Gasteiger partial charge on any atom is -0.477 e. The van der Waals surface area contributed by atoms with Crippen molar-refractivity contribution < 1.29 is 9.90 Å². The quantitative estimate of drug-likeness (QED) is 0.868. The Hall–Kier alpha value is -2.50. The lowest BCUT2D eigenvalue weighted by molar-refractivity contribution is 0.0690. The monoisotopic (exact) mass is 272 g/mol. The Morgan fingerprint density at radius 2 is 2.20 bits per heavy atom. The zero-order valence-corrected chi connectivity index (χ0v) is 11.4. The molecule has 0 radical (unpaired) electrons. The Balaban J connectivity index is 2.20. The Morgan fingerprint density at radius 3 is 2.80 bits per heavy atom. The van der Waals surface area contributed by atoms with Gasteiger partial charge in [-0.15, -0.1) is 0 Å². The van der Waals surface area contributed by atoms with Crippen LogP contribution in [0.4, 0.5) is 5.82 Å². The number of rotatable bonds is 5. The molecule has 6 heteroatoms. The van der Waals surface area contributed by atoms with Crippen LogP contribution in [-0.2, 0) is 6.54 Å². The van der Waals surface area contributed by atoms with Crippen molar-refractivity contribution in [1.29, 1.82) is 0 Å². The molecule has 0 atom stereocenters. The van der Waals surface area contributed by atoms with Crippen LogP contribution in [-0.4, -0.2) is 26.0 Å². The zero-order chi connectivity index (χ0) is 14.5. The second-order valence-corrected chi connectivity index (χ2v) is 4.67. The number of aromatic nitrogens is 3. The van der Waals surface area contributed by atoms with Crippen LogP contribution in [0.3, 0.4) is 0 Å². The van der Waals surface area contributed by atoms with Crippen molar-refractivity contribution in [2.24, 2.45) is 0 Å². The van der Waals surface area contributed by atoms with Gasteiger partial charge in [-0.1, -0.05) is 19.9 Å². The molecule has 104 valence electrons. The second-order valence-electron chi connectivity index (χ2n) is 4.67. The van der Waals surface area contributed by atoms with Crippen molar-refractivity contribution in [3.05, 3.63) is 47.7 Å². The minimum absolute atomic E-state index is 0.00242. The normalized spacial score (nSPS) is 10.6. The summed E-state index contributed by atoms with van der Waals surface area (Å²) in [6.07, 6.45) is 3.45. The number of carbonyl (C=O) groups is 1. The highest BCUT2D eigenvalue weighted by molar-refractivity contribution is 5.86. The van der Waals surface area contributed by atoms with Gasteiger partial charge in [0.1, 0.15) is 11.6 Å². The number of carboxylic acid groups (broad SMARTS) is 1. The molecule has 0 unspecified atom stereocenters. The molecular weight excluding hydrogens is 256 g/mol. The van der Waals surface area contributed by atoms with Gasteiger partial charge >= 0.3 is 5.97 Å². The molecule has 20 heavy (non-hydrogen) atoms. The third kappa shape index (κ3) is 3.50. The highest BCUT2D eigenvalue weighted by atomic mass is 16.4. The molecular formula is C14H16N4O2. The van der Waals surface area contributed by atoms with Crippen LogP contribution in [0, 0.1) is 0 Å². The molecule has 0 bridgehead atoms. The average molecular weight is 272 g/mol. The van der Waals surface area contributed by atoms with E-state index in [1.54, 1.807) is 12.4 Å². The number of carboxylic acids is 1. The van der Waals surface area contributed by atoms with E-state index in [0.717, 1.165) is 5.56 Å². The maximum atomic E-state index is 11.1. The van der Waals surface area contributed by atoms with E-state index in [9.17, 15) is 4.79 Å². The molecule has 0 aromatic carbocycles. The molecule has 2 aromatic heterocycles. The van der Waals surface area contributed by atoms with Gasteiger partial charge in [0, 0.05) is 30.9 Å². The van der Waals surface area contributed by atoms with Crippen molar-refractivity contribution in [2.45, 2.75) is 26.3 Å². The molecule has 0 aliphatic heterocycles. The van der Waals surface area contributed by atoms with Gasteiger partial charge in [-0.3, -0.25) is 4.98 Å². The summed E-state index contributed by atoms with van der Waals surface area (Å²) in [6, 6.07) is 5.21. The van der Waals surface area contributed by atoms with E-state index in [2.05, 4.69) is 20.3 Å². The first-order valence-corrected chi connectivity index (χ1v) is 6.31. The van der Waals surface area contributed by atoms with Gasteiger partial charge in [0.05, 0.1) is 0 Å². The van der Waals surface area contributed by atoms with Crippen molar-refractivity contribution in [3.63, 3.8) is 0 Å². The molecule has 0 saturated carbocycles. The lowest BCUT2D eigenvalue weighted by Crippen LogP contribution is -2.10. The molecule has 2 rings (SSSR count). The average Bonchev–Trinajstić information content (AvgIpc) is 2.45. The first-order valence-electron chi connectivity index (χ1n) is 6.31. The Bertz CT molecular complexity index is 599. The molecule has 2 N–H and O–H groups in total. The number of hydrogen-bond donors (Lipinski definition) is 2. The van der Waals surface area contributed by atoms with Crippen LogP contribution in [0.1, 0.15) is 41.6 Å². The SMILES string of the molecule is CC(C)c1nc(NCc2cccnc2)cc(C(=O)O)n1. The number of pyridine rings is 1. The number of aromatic carboxylic acids is 1. The molecule has 2 heterocycles. The summed E-state index contributed by atoms with van der Waals surface area (Å²) >= 11 is 0. The molecule has 0 amide bonds. The third-order valence-electron chi connectivity index (χ3n) is 2.68. The Labute approximate surface area is 116 Å². The van der Waals surface area contributed by atoms with Crippen LogP contribution < -0.4 is 5.32 Å².